The van der Waals surface area contributed by atoms with Crippen LogP contribution in [0.1, 0.15) is 13.8 Å². The van der Waals surface area contributed by atoms with E-state index in [-0.39, 0.29) is 5.92 Å². The van der Waals surface area contributed by atoms with Gasteiger partial charge in [-0.3, -0.25) is 9.69 Å². The average molecular weight is 211 g/mol. The number of rotatable bonds is 2. The number of likely N-dealkylation sites (tertiary alicyclic amines) is 1. The highest BCUT2D eigenvalue weighted by Crippen LogP contribution is 2.17. The van der Waals surface area contributed by atoms with Crippen molar-refractivity contribution >= 4 is 5.91 Å². The largest absolute Gasteiger partial charge is 0.339 e. The predicted octanol–water partition coefficient (Wildman–Crippen LogP) is -0.242. The van der Waals surface area contributed by atoms with Crippen LogP contribution < -0.4 is 5.32 Å². The monoisotopic (exact) mass is 211 g/mol. The van der Waals surface area contributed by atoms with Gasteiger partial charge < -0.3 is 10.2 Å². The molecule has 4 nitrogen and oxygen atoms in total. The van der Waals surface area contributed by atoms with Crippen molar-refractivity contribution in [2.45, 2.75) is 19.9 Å². The van der Waals surface area contributed by atoms with Gasteiger partial charge in [0, 0.05) is 51.2 Å². The number of amides is 1. The van der Waals surface area contributed by atoms with Crippen LogP contribution in [0.25, 0.3) is 0 Å². The molecule has 0 unspecified atom stereocenters. The molecule has 2 heterocycles. The van der Waals surface area contributed by atoms with Crippen molar-refractivity contribution in [1.82, 2.24) is 15.1 Å². The van der Waals surface area contributed by atoms with Crippen molar-refractivity contribution in [1.29, 1.82) is 0 Å². The number of carbonyl (C=O) groups excluding carboxylic acids is 1. The highest BCUT2D eigenvalue weighted by molar-refractivity contribution is 5.79. The summed E-state index contributed by atoms with van der Waals surface area (Å²) < 4.78 is 0. The molecule has 0 aromatic heterocycles. The van der Waals surface area contributed by atoms with Gasteiger partial charge in [-0.2, -0.15) is 0 Å². The van der Waals surface area contributed by atoms with Crippen molar-refractivity contribution in [3.63, 3.8) is 0 Å². The van der Waals surface area contributed by atoms with E-state index in [1.165, 1.54) is 0 Å². The number of carbonyl (C=O) groups is 1. The van der Waals surface area contributed by atoms with Gasteiger partial charge in [-0.25, -0.2) is 0 Å². The maximum absolute atomic E-state index is 11.6. The normalized spacial score (nSPS) is 24.3. The number of piperazine rings is 1. The van der Waals surface area contributed by atoms with E-state index in [0.29, 0.717) is 11.9 Å². The fourth-order valence-electron chi connectivity index (χ4n) is 2.28. The molecule has 0 aromatic carbocycles. The van der Waals surface area contributed by atoms with E-state index < -0.39 is 0 Å². The van der Waals surface area contributed by atoms with Gasteiger partial charge in [-0.1, -0.05) is 13.8 Å². The summed E-state index contributed by atoms with van der Waals surface area (Å²) >= 11 is 0. The van der Waals surface area contributed by atoms with Crippen molar-refractivity contribution < 1.29 is 4.79 Å². The lowest BCUT2D eigenvalue weighted by Gasteiger charge is -2.47. The minimum Gasteiger partial charge on any atom is -0.339 e. The van der Waals surface area contributed by atoms with Gasteiger partial charge in [0.15, 0.2) is 0 Å². The third-order valence-corrected chi connectivity index (χ3v) is 3.34. The number of nitrogens with zero attached hydrogens (tertiary/aromatic N) is 2. The van der Waals surface area contributed by atoms with Crippen LogP contribution >= 0.6 is 0 Å². The summed E-state index contributed by atoms with van der Waals surface area (Å²) in [5, 5.41) is 3.35. The van der Waals surface area contributed by atoms with Gasteiger partial charge in [0.05, 0.1) is 0 Å². The lowest BCUT2D eigenvalue weighted by atomic mass is 10.0. The maximum atomic E-state index is 11.6. The molecule has 2 saturated heterocycles. The van der Waals surface area contributed by atoms with Crippen molar-refractivity contribution in [2.24, 2.45) is 5.92 Å². The first-order valence-corrected chi connectivity index (χ1v) is 5.92. The molecule has 0 radical (unpaired) electrons. The van der Waals surface area contributed by atoms with Crippen LogP contribution in [0.3, 0.4) is 0 Å². The van der Waals surface area contributed by atoms with E-state index in [1.54, 1.807) is 0 Å². The van der Waals surface area contributed by atoms with Crippen LogP contribution in [0, 0.1) is 5.92 Å². The molecular weight excluding hydrogens is 190 g/mol. The fourth-order valence-corrected chi connectivity index (χ4v) is 2.28. The molecule has 0 bridgehead atoms. The Bertz CT molecular complexity index is 230. The van der Waals surface area contributed by atoms with Crippen molar-refractivity contribution in [3.8, 4) is 0 Å². The Labute approximate surface area is 91.6 Å². The summed E-state index contributed by atoms with van der Waals surface area (Å²) in [6, 6.07) is 0.620. The smallest absolute Gasteiger partial charge is 0.225 e. The Morgan fingerprint density at radius 1 is 1.27 bits per heavy atom. The number of hydrogen-bond donors (Lipinski definition) is 1. The van der Waals surface area contributed by atoms with Gasteiger partial charge in [-0.15, -0.1) is 0 Å². The Morgan fingerprint density at radius 2 is 1.87 bits per heavy atom. The molecule has 15 heavy (non-hydrogen) atoms. The van der Waals surface area contributed by atoms with E-state index in [2.05, 4.69) is 10.2 Å². The summed E-state index contributed by atoms with van der Waals surface area (Å²) in [5.41, 5.74) is 0. The molecule has 86 valence electrons. The molecular formula is C11H21N3O. The molecule has 1 N–H and O–H groups in total. The van der Waals surface area contributed by atoms with Crippen molar-refractivity contribution in [2.75, 3.05) is 39.3 Å². The summed E-state index contributed by atoms with van der Waals surface area (Å²) in [6.45, 7) is 10.3. The molecule has 0 saturated carbocycles. The molecule has 0 atom stereocenters. The lowest BCUT2D eigenvalue weighted by Crippen LogP contribution is -2.64. The van der Waals surface area contributed by atoms with Crippen molar-refractivity contribution in [3.05, 3.63) is 0 Å². The second-order valence-electron chi connectivity index (χ2n) is 4.84. The number of nitrogens with one attached hydrogen (secondary N) is 1. The van der Waals surface area contributed by atoms with E-state index in [9.17, 15) is 4.79 Å². The Morgan fingerprint density at radius 3 is 2.40 bits per heavy atom. The molecule has 2 rings (SSSR count). The minimum atomic E-state index is 0.147. The van der Waals surface area contributed by atoms with Gasteiger partial charge >= 0.3 is 0 Å². The Kier molecular flexibility index (Phi) is 3.26. The molecule has 2 fully saturated rings. The SMILES string of the molecule is CC(C)C(=O)N1CC(N2CCNCC2)C1. The van der Waals surface area contributed by atoms with Gasteiger partial charge in [0.25, 0.3) is 0 Å². The standard InChI is InChI=1S/C11H21N3O/c1-9(2)11(15)14-7-10(8-14)13-5-3-12-4-6-13/h9-10,12H,3-8H2,1-2H3. The first-order valence-electron chi connectivity index (χ1n) is 5.92. The Hall–Kier alpha value is -0.610. The van der Waals surface area contributed by atoms with Gasteiger partial charge in [-0.05, 0) is 0 Å². The number of hydrogen-bond acceptors (Lipinski definition) is 3. The van der Waals surface area contributed by atoms with Gasteiger partial charge in [0.2, 0.25) is 5.91 Å². The maximum Gasteiger partial charge on any atom is 0.225 e. The van der Waals surface area contributed by atoms with Crippen LogP contribution in [0.4, 0.5) is 0 Å². The van der Waals surface area contributed by atoms with E-state index >= 15 is 0 Å². The zero-order valence-corrected chi connectivity index (χ0v) is 9.70. The Balaban J connectivity index is 1.75. The zero-order chi connectivity index (χ0) is 10.8. The highest BCUT2D eigenvalue weighted by Gasteiger charge is 2.35. The molecule has 2 aliphatic rings. The third-order valence-electron chi connectivity index (χ3n) is 3.34. The molecule has 1 amide bonds. The quantitative estimate of drug-likeness (QED) is 0.684. The molecule has 0 spiro atoms. The third kappa shape index (κ3) is 2.32. The van der Waals surface area contributed by atoms with Crippen LogP contribution in [0.5, 0.6) is 0 Å². The summed E-state index contributed by atoms with van der Waals surface area (Å²) in [4.78, 5) is 16.1. The van der Waals surface area contributed by atoms with Crippen LogP contribution in [-0.4, -0.2) is 61.0 Å². The second-order valence-corrected chi connectivity index (χ2v) is 4.84. The van der Waals surface area contributed by atoms with Crippen LogP contribution in [0.2, 0.25) is 0 Å². The summed E-state index contributed by atoms with van der Waals surface area (Å²) in [7, 11) is 0. The molecule has 0 aliphatic carbocycles. The zero-order valence-electron chi connectivity index (χ0n) is 9.70. The molecule has 2 aliphatic heterocycles. The fraction of sp³-hybridized carbons (Fsp3) is 0.909. The molecule has 4 heteroatoms. The summed E-state index contributed by atoms with van der Waals surface area (Å²) in [5.74, 6) is 0.454. The average Bonchev–Trinajstić information content (AvgIpc) is 2.17. The van der Waals surface area contributed by atoms with E-state index in [0.717, 1.165) is 39.3 Å². The summed E-state index contributed by atoms with van der Waals surface area (Å²) in [6.07, 6.45) is 0. The topological polar surface area (TPSA) is 35.6 Å². The van der Waals surface area contributed by atoms with Gasteiger partial charge in [0.1, 0.15) is 0 Å². The predicted molar refractivity (Wildman–Crippen MR) is 59.6 cm³/mol. The molecule has 0 aromatic rings. The van der Waals surface area contributed by atoms with E-state index in [1.807, 2.05) is 18.7 Å². The van der Waals surface area contributed by atoms with E-state index in [4.69, 9.17) is 0 Å². The first kappa shape index (κ1) is 10.9. The first-order chi connectivity index (χ1) is 7.18. The second kappa shape index (κ2) is 4.49. The van der Waals surface area contributed by atoms with Crippen LogP contribution in [0.15, 0.2) is 0 Å². The highest BCUT2D eigenvalue weighted by atomic mass is 16.2. The minimum absolute atomic E-state index is 0.147. The lowest BCUT2D eigenvalue weighted by molar-refractivity contribution is -0.142. The van der Waals surface area contributed by atoms with Crippen LogP contribution in [-0.2, 0) is 4.79 Å².